The summed E-state index contributed by atoms with van der Waals surface area (Å²) in [6.45, 7) is 8.75. The fourth-order valence-corrected chi connectivity index (χ4v) is 3.43. The Labute approximate surface area is 103 Å². The molecular formula is C15H22O2. The van der Waals surface area contributed by atoms with E-state index in [2.05, 4.69) is 20.4 Å². The van der Waals surface area contributed by atoms with Crippen molar-refractivity contribution < 1.29 is 9.59 Å². The van der Waals surface area contributed by atoms with Gasteiger partial charge in [0.25, 0.3) is 0 Å². The smallest absolute Gasteiger partial charge is 0.140 e. The van der Waals surface area contributed by atoms with E-state index in [1.165, 1.54) is 18.4 Å². The van der Waals surface area contributed by atoms with Crippen LogP contribution in [0.25, 0.3) is 0 Å². The third-order valence-corrected chi connectivity index (χ3v) is 4.70. The lowest BCUT2D eigenvalue weighted by Gasteiger charge is -2.40. The summed E-state index contributed by atoms with van der Waals surface area (Å²) in [5.41, 5.74) is 1.58. The topological polar surface area (TPSA) is 34.1 Å². The van der Waals surface area contributed by atoms with Crippen LogP contribution in [0.4, 0.5) is 0 Å². The van der Waals surface area contributed by atoms with E-state index in [1.54, 1.807) is 0 Å². The molecule has 2 aliphatic rings. The van der Waals surface area contributed by atoms with Crippen molar-refractivity contribution in [2.75, 3.05) is 0 Å². The van der Waals surface area contributed by atoms with Crippen LogP contribution in [-0.2, 0) is 9.59 Å². The van der Waals surface area contributed by atoms with Crippen LogP contribution in [0, 0.1) is 23.2 Å². The standard InChI is InChI=1S/C15H22O2/c1-10-5-4-7-15(2,3)13(10)9-12-11(6-8-16)14(12)17/h8,11-13H,1,4-7,9H2,2-3H3. The SMILES string of the molecule is C=C1CCCC(C)(C)C1CC1C(=O)C1CC=O. The van der Waals surface area contributed by atoms with Gasteiger partial charge in [-0.15, -0.1) is 0 Å². The Hall–Kier alpha value is -0.920. The van der Waals surface area contributed by atoms with E-state index in [4.69, 9.17) is 0 Å². The first-order valence-electron chi connectivity index (χ1n) is 6.62. The molecule has 2 rings (SSSR count). The number of rotatable bonds is 4. The molecule has 0 aromatic heterocycles. The lowest BCUT2D eigenvalue weighted by Crippen LogP contribution is -2.30. The molecule has 2 heteroatoms. The van der Waals surface area contributed by atoms with Crippen molar-refractivity contribution in [1.29, 1.82) is 0 Å². The van der Waals surface area contributed by atoms with Gasteiger partial charge < -0.3 is 4.79 Å². The summed E-state index contributed by atoms with van der Waals surface area (Å²) in [5.74, 6) is 0.922. The summed E-state index contributed by atoms with van der Waals surface area (Å²) >= 11 is 0. The summed E-state index contributed by atoms with van der Waals surface area (Å²) in [6.07, 6.45) is 5.76. The third kappa shape index (κ3) is 2.36. The fourth-order valence-electron chi connectivity index (χ4n) is 3.43. The molecule has 0 aliphatic heterocycles. The molecule has 0 amide bonds. The molecular weight excluding hydrogens is 212 g/mol. The highest BCUT2D eigenvalue weighted by Gasteiger charge is 2.51. The van der Waals surface area contributed by atoms with Crippen LogP contribution in [0.5, 0.6) is 0 Å². The number of carbonyl (C=O) groups excluding carboxylic acids is 2. The van der Waals surface area contributed by atoms with Crippen LogP contribution in [-0.4, -0.2) is 12.1 Å². The predicted molar refractivity (Wildman–Crippen MR) is 67.5 cm³/mol. The van der Waals surface area contributed by atoms with E-state index < -0.39 is 0 Å². The molecule has 0 saturated heterocycles. The average molecular weight is 234 g/mol. The van der Waals surface area contributed by atoms with Gasteiger partial charge in [0.15, 0.2) is 0 Å². The number of hydrogen-bond donors (Lipinski definition) is 0. The molecule has 0 bridgehead atoms. The summed E-state index contributed by atoms with van der Waals surface area (Å²) in [7, 11) is 0. The van der Waals surface area contributed by atoms with Gasteiger partial charge >= 0.3 is 0 Å². The number of Topliss-reactive ketones (excluding diaryl/α,β-unsaturated/α-hetero) is 1. The Morgan fingerprint density at radius 2 is 2.12 bits per heavy atom. The van der Waals surface area contributed by atoms with Crippen molar-refractivity contribution in [1.82, 2.24) is 0 Å². The Morgan fingerprint density at radius 3 is 2.71 bits per heavy atom. The molecule has 0 radical (unpaired) electrons. The van der Waals surface area contributed by atoms with Gasteiger partial charge in [0.1, 0.15) is 12.1 Å². The number of ketones is 1. The quantitative estimate of drug-likeness (QED) is 0.553. The summed E-state index contributed by atoms with van der Waals surface area (Å²) in [5, 5.41) is 0. The van der Waals surface area contributed by atoms with Gasteiger partial charge in [-0.3, -0.25) is 4.79 Å². The minimum Gasteiger partial charge on any atom is -0.303 e. The highest BCUT2D eigenvalue weighted by molar-refractivity contribution is 6.00. The largest absolute Gasteiger partial charge is 0.303 e. The van der Waals surface area contributed by atoms with Crippen LogP contribution in [0.2, 0.25) is 0 Å². The van der Waals surface area contributed by atoms with Crippen molar-refractivity contribution in [3.05, 3.63) is 12.2 Å². The van der Waals surface area contributed by atoms with Gasteiger partial charge in [-0.1, -0.05) is 26.0 Å². The molecule has 2 nitrogen and oxygen atoms in total. The van der Waals surface area contributed by atoms with E-state index in [0.29, 0.717) is 18.1 Å². The predicted octanol–water partition coefficient (Wildman–Crippen LogP) is 3.16. The van der Waals surface area contributed by atoms with Crippen molar-refractivity contribution in [2.45, 2.75) is 46.0 Å². The monoisotopic (exact) mass is 234 g/mol. The Morgan fingerprint density at radius 1 is 1.41 bits per heavy atom. The second-order valence-electron chi connectivity index (χ2n) is 6.31. The number of hydrogen-bond acceptors (Lipinski definition) is 2. The first kappa shape index (κ1) is 12.5. The van der Waals surface area contributed by atoms with E-state index in [1.807, 2.05) is 0 Å². The Bertz CT molecular complexity index is 354. The van der Waals surface area contributed by atoms with Gasteiger partial charge in [-0.2, -0.15) is 0 Å². The van der Waals surface area contributed by atoms with Gasteiger partial charge in [-0.05, 0) is 37.0 Å². The highest BCUT2D eigenvalue weighted by Crippen LogP contribution is 2.51. The van der Waals surface area contributed by atoms with Gasteiger partial charge in [-0.25, -0.2) is 0 Å². The second-order valence-corrected chi connectivity index (χ2v) is 6.31. The lowest BCUT2D eigenvalue weighted by molar-refractivity contribution is -0.114. The molecule has 94 valence electrons. The molecule has 0 N–H and O–H groups in total. The molecule has 0 aromatic rings. The van der Waals surface area contributed by atoms with Crippen LogP contribution in [0.15, 0.2) is 12.2 Å². The summed E-state index contributed by atoms with van der Waals surface area (Å²) < 4.78 is 0. The fraction of sp³-hybridized carbons (Fsp3) is 0.733. The van der Waals surface area contributed by atoms with Crippen molar-refractivity contribution >= 4 is 12.1 Å². The second kappa shape index (κ2) is 4.40. The maximum Gasteiger partial charge on any atom is 0.140 e. The molecule has 2 aliphatic carbocycles. The van der Waals surface area contributed by atoms with E-state index in [9.17, 15) is 9.59 Å². The Kier molecular flexibility index (Phi) is 3.24. The van der Waals surface area contributed by atoms with E-state index >= 15 is 0 Å². The van der Waals surface area contributed by atoms with Crippen LogP contribution < -0.4 is 0 Å². The zero-order valence-corrected chi connectivity index (χ0v) is 10.9. The molecule has 0 heterocycles. The first-order chi connectivity index (χ1) is 7.97. The number of carbonyl (C=O) groups is 2. The maximum atomic E-state index is 11.6. The zero-order chi connectivity index (χ0) is 12.6. The van der Waals surface area contributed by atoms with E-state index in [0.717, 1.165) is 19.1 Å². The van der Waals surface area contributed by atoms with Crippen LogP contribution >= 0.6 is 0 Å². The highest BCUT2D eigenvalue weighted by atomic mass is 16.1. The number of allylic oxidation sites excluding steroid dienone is 1. The van der Waals surface area contributed by atoms with Gasteiger partial charge in [0.2, 0.25) is 0 Å². The maximum absolute atomic E-state index is 11.6. The average Bonchev–Trinajstić information content (AvgIpc) is 2.83. The van der Waals surface area contributed by atoms with Gasteiger partial charge in [0.05, 0.1) is 0 Å². The minimum atomic E-state index is 0.0260. The molecule has 17 heavy (non-hydrogen) atoms. The summed E-state index contributed by atoms with van der Waals surface area (Å²) in [6, 6.07) is 0. The van der Waals surface area contributed by atoms with Crippen LogP contribution in [0.1, 0.15) is 46.0 Å². The number of aldehydes is 1. The van der Waals surface area contributed by atoms with Gasteiger partial charge in [0, 0.05) is 18.3 Å². The van der Waals surface area contributed by atoms with E-state index in [-0.39, 0.29) is 17.3 Å². The molecule has 2 saturated carbocycles. The minimum absolute atomic E-state index is 0.0260. The van der Waals surface area contributed by atoms with Crippen LogP contribution in [0.3, 0.4) is 0 Å². The van der Waals surface area contributed by atoms with Crippen molar-refractivity contribution in [2.24, 2.45) is 23.2 Å². The molecule has 0 spiro atoms. The molecule has 3 unspecified atom stereocenters. The Balaban J connectivity index is 2.00. The van der Waals surface area contributed by atoms with Crippen molar-refractivity contribution in [3.8, 4) is 0 Å². The molecule has 3 atom stereocenters. The normalized spacial score (nSPS) is 35.8. The summed E-state index contributed by atoms with van der Waals surface area (Å²) in [4.78, 5) is 22.1. The zero-order valence-electron chi connectivity index (χ0n) is 10.9. The first-order valence-corrected chi connectivity index (χ1v) is 6.62. The van der Waals surface area contributed by atoms with Crippen molar-refractivity contribution in [3.63, 3.8) is 0 Å². The lowest BCUT2D eigenvalue weighted by atomic mass is 9.65. The molecule has 0 aromatic carbocycles. The molecule has 2 fully saturated rings. The third-order valence-electron chi connectivity index (χ3n) is 4.70.